The summed E-state index contributed by atoms with van der Waals surface area (Å²) in [5.74, 6) is -3.81. The van der Waals surface area contributed by atoms with Crippen LogP contribution < -0.4 is 5.32 Å². The first-order valence-electron chi connectivity index (χ1n) is 26.4. The minimum atomic E-state index is -1.97. The van der Waals surface area contributed by atoms with Gasteiger partial charge in [0.15, 0.2) is 24.8 Å². The maximum absolute atomic E-state index is 14.6. The third-order valence-corrected chi connectivity index (χ3v) is 15.0. The van der Waals surface area contributed by atoms with Crippen LogP contribution in [0.3, 0.4) is 0 Å². The number of rotatable bonds is 19. The molecule has 4 rings (SSSR count). The molecule has 0 spiro atoms. The van der Waals surface area contributed by atoms with Gasteiger partial charge >= 0.3 is 18.0 Å². The van der Waals surface area contributed by atoms with Crippen LogP contribution in [0, 0.1) is 17.8 Å². The average Bonchev–Trinajstić information content (AvgIpc) is 3.32. The number of alkyl carbamates (subject to hydrolysis) is 1. The second-order valence-corrected chi connectivity index (χ2v) is 21.5. The van der Waals surface area contributed by atoms with Crippen molar-refractivity contribution < 1.29 is 72.4 Å². The van der Waals surface area contributed by atoms with Crippen LogP contribution in [-0.2, 0) is 58.9 Å². The minimum absolute atomic E-state index is 0.0237. The largest absolute Gasteiger partial charge is 0.459 e. The number of cyclic esters (lactones) is 1. The Kier molecular flexibility index (Phi) is 23.7. The van der Waals surface area contributed by atoms with Gasteiger partial charge in [-0.25, -0.2) is 4.79 Å². The molecular formula is C54H91N3O15. The summed E-state index contributed by atoms with van der Waals surface area (Å²) in [5.41, 5.74) is -3.59. The van der Waals surface area contributed by atoms with Crippen molar-refractivity contribution in [3.05, 3.63) is 35.9 Å². The molecule has 3 aliphatic rings. The van der Waals surface area contributed by atoms with Gasteiger partial charge in [0.25, 0.3) is 0 Å². The highest BCUT2D eigenvalue weighted by Crippen LogP contribution is 2.40. The van der Waals surface area contributed by atoms with Gasteiger partial charge in [0, 0.05) is 45.3 Å². The lowest BCUT2D eigenvalue weighted by molar-refractivity contribution is -0.308. The Labute approximate surface area is 429 Å². The molecule has 412 valence electrons. The summed E-state index contributed by atoms with van der Waals surface area (Å²) in [7, 11) is 5.27. The molecule has 18 heteroatoms. The molecule has 1 aromatic carbocycles. The molecule has 0 aliphatic carbocycles. The van der Waals surface area contributed by atoms with E-state index in [-0.39, 0.29) is 44.4 Å². The first kappa shape index (κ1) is 61.1. The molecule has 3 aliphatic heterocycles. The predicted molar refractivity (Wildman–Crippen MR) is 271 cm³/mol. The van der Waals surface area contributed by atoms with Crippen molar-refractivity contribution in [2.75, 3.05) is 27.8 Å². The monoisotopic (exact) mass is 1020 g/mol. The number of aliphatic hydroxyl groups is 3. The Balaban J connectivity index is 1.84. The van der Waals surface area contributed by atoms with Crippen LogP contribution in [0.1, 0.15) is 152 Å². The third kappa shape index (κ3) is 16.8. The summed E-state index contributed by atoms with van der Waals surface area (Å²) in [6, 6.07) is 9.05. The molecule has 0 bridgehead atoms. The van der Waals surface area contributed by atoms with E-state index in [1.54, 1.807) is 41.5 Å². The number of hydrogen-bond donors (Lipinski definition) is 4. The van der Waals surface area contributed by atoms with Crippen molar-refractivity contribution in [3.8, 4) is 0 Å². The molecule has 1 unspecified atom stereocenters. The summed E-state index contributed by atoms with van der Waals surface area (Å²) >= 11 is 0. The average molecular weight is 1020 g/mol. The molecule has 17 atom stereocenters. The highest BCUT2D eigenvalue weighted by Gasteiger charge is 2.53. The van der Waals surface area contributed by atoms with Crippen LogP contribution in [0.4, 0.5) is 4.79 Å². The summed E-state index contributed by atoms with van der Waals surface area (Å²) in [5, 5.41) is 44.8. The van der Waals surface area contributed by atoms with Gasteiger partial charge in [0.05, 0.1) is 53.8 Å². The molecule has 3 fully saturated rings. The second-order valence-electron chi connectivity index (χ2n) is 21.5. The van der Waals surface area contributed by atoms with E-state index in [0.29, 0.717) is 18.7 Å². The van der Waals surface area contributed by atoms with Crippen molar-refractivity contribution in [3.63, 3.8) is 0 Å². The number of aliphatic hydroxyl groups excluding tert-OH is 1. The molecule has 0 aromatic heterocycles. The van der Waals surface area contributed by atoms with Crippen molar-refractivity contribution in [1.29, 1.82) is 0 Å². The van der Waals surface area contributed by atoms with Gasteiger partial charge in [-0.1, -0.05) is 88.9 Å². The zero-order valence-corrected chi connectivity index (χ0v) is 45.8. The number of oxime groups is 1. The molecule has 3 heterocycles. The van der Waals surface area contributed by atoms with Gasteiger partial charge in [0.2, 0.25) is 0 Å². The van der Waals surface area contributed by atoms with Gasteiger partial charge in [0.1, 0.15) is 23.9 Å². The fraction of sp³-hybridized carbons (Fsp3) is 0.815. The molecular weight excluding hydrogens is 931 g/mol. The minimum Gasteiger partial charge on any atom is -0.459 e. The zero-order valence-electron chi connectivity index (χ0n) is 45.8. The van der Waals surface area contributed by atoms with Crippen LogP contribution in [0.2, 0.25) is 0 Å². The number of carbonyl (C=O) groups excluding carboxylic acids is 3. The first-order chi connectivity index (χ1) is 33.9. The molecule has 1 aromatic rings. The van der Waals surface area contributed by atoms with Crippen molar-refractivity contribution >= 4 is 23.7 Å². The highest BCUT2D eigenvalue weighted by atomic mass is 16.7. The van der Waals surface area contributed by atoms with E-state index in [1.807, 2.05) is 63.2 Å². The number of ether oxygens (including phenoxy) is 8. The number of methoxy groups -OCH3 is 1. The van der Waals surface area contributed by atoms with Crippen LogP contribution in [0.25, 0.3) is 0 Å². The number of benzene rings is 1. The third-order valence-electron chi connectivity index (χ3n) is 15.0. The van der Waals surface area contributed by atoms with E-state index in [2.05, 4.69) is 17.4 Å². The molecule has 4 N–H and O–H groups in total. The maximum Gasteiger partial charge on any atom is 0.407 e. The van der Waals surface area contributed by atoms with Crippen LogP contribution in [0.5, 0.6) is 0 Å². The number of carbonyl (C=O) groups is 3. The Morgan fingerprint density at radius 1 is 0.889 bits per heavy atom. The lowest BCUT2D eigenvalue weighted by atomic mass is 9.75. The number of unbranched alkanes of at least 4 members (excludes halogenated alkanes) is 5. The lowest BCUT2D eigenvalue weighted by Crippen LogP contribution is -2.60. The first-order valence-corrected chi connectivity index (χ1v) is 26.4. The normalized spacial score (nSPS) is 37.9. The Morgan fingerprint density at radius 3 is 2.18 bits per heavy atom. The van der Waals surface area contributed by atoms with E-state index >= 15 is 0 Å². The molecule has 18 nitrogen and oxygen atoms in total. The van der Waals surface area contributed by atoms with Gasteiger partial charge in [-0.15, -0.1) is 0 Å². The molecule has 0 radical (unpaired) electrons. The quantitative estimate of drug-likeness (QED) is 0.0465. The maximum atomic E-state index is 14.6. The fourth-order valence-corrected chi connectivity index (χ4v) is 10.5. The Morgan fingerprint density at radius 2 is 1.56 bits per heavy atom. The van der Waals surface area contributed by atoms with Gasteiger partial charge in [-0.3, -0.25) is 9.59 Å². The lowest BCUT2D eigenvalue weighted by Gasteiger charge is -2.48. The number of esters is 2. The molecule has 72 heavy (non-hydrogen) atoms. The van der Waals surface area contributed by atoms with Crippen molar-refractivity contribution in [2.45, 2.75) is 238 Å². The predicted octanol–water partition coefficient (Wildman–Crippen LogP) is 7.21. The second kappa shape index (κ2) is 27.9. The van der Waals surface area contributed by atoms with Gasteiger partial charge in [-0.05, 0) is 93.3 Å². The van der Waals surface area contributed by atoms with Crippen molar-refractivity contribution in [2.24, 2.45) is 22.9 Å². The Hall–Kier alpha value is -3.46. The fourth-order valence-electron chi connectivity index (χ4n) is 10.5. The van der Waals surface area contributed by atoms with E-state index in [1.165, 1.54) is 27.4 Å². The highest BCUT2D eigenvalue weighted by molar-refractivity contribution is 5.88. The number of amides is 1. The van der Waals surface area contributed by atoms with E-state index in [4.69, 9.17) is 42.7 Å². The molecule has 1 amide bonds. The van der Waals surface area contributed by atoms with E-state index < -0.39 is 108 Å². The molecule has 0 saturated carbocycles. The van der Waals surface area contributed by atoms with Crippen LogP contribution in [-0.4, -0.2) is 156 Å². The van der Waals surface area contributed by atoms with Gasteiger partial charge < -0.3 is 68.3 Å². The number of hydrogen-bond acceptors (Lipinski definition) is 17. The SMILES string of the molecule is CCCCCCCCON=C1[C@H](C)CC(C)(O)[C@H](O[C@@H]2O[C@H](C)C[C@H](N(C)C)[C@H]2OC(=O)NCc2ccccc2)C[C@H](O[C@H]2C[C@@](C)(OC)[C@@H](OC(C)=O)[C@H](C)O2)[C@@H](C)C(=O)O[C@H](CC)[C@@](C)(O)[C@H](O)[C@H]1C. The van der Waals surface area contributed by atoms with Crippen LogP contribution >= 0.6 is 0 Å². The number of nitrogens with one attached hydrogen (secondary N) is 1. The standard InChI is InChI=1S/C54H91N3O15/c1-15-17-18-19-20-24-27-65-56-45-33(3)30-52(9,62)43(71-50-46(40(57(12)13)28-34(4)66-50)72-51(61)55-32-39-25-22-21-23-26-39)29-41(35(5)49(60)70-42(16-2)54(11,63)47(59)36(45)6)69-44-31-53(10,64-14)48(37(7)67-44)68-38(8)58/h21-23,25-26,33-37,40-44,46-48,50,59,62-63H,15-20,24,27-32H2,1-14H3,(H,55,61)/t33-,34-,35-,36+,37+,40+,41+,42-,43-,44+,46-,47-,48+,50+,52?,53-,54-/m1/s1. The Bertz CT molecular complexity index is 1850. The zero-order chi connectivity index (χ0) is 53.6. The van der Waals surface area contributed by atoms with Crippen LogP contribution in [0.15, 0.2) is 35.5 Å². The van der Waals surface area contributed by atoms with Crippen molar-refractivity contribution in [1.82, 2.24) is 10.2 Å². The number of nitrogens with zero attached hydrogens (tertiary/aromatic N) is 2. The summed E-state index contributed by atoms with van der Waals surface area (Å²) in [6.45, 7) is 19.5. The number of likely N-dealkylation sites (N-methyl/N-ethyl adjacent to an activating group) is 1. The van der Waals surface area contributed by atoms with E-state index in [0.717, 1.165) is 37.7 Å². The smallest absolute Gasteiger partial charge is 0.407 e. The van der Waals surface area contributed by atoms with E-state index in [9.17, 15) is 29.7 Å². The summed E-state index contributed by atoms with van der Waals surface area (Å²) in [4.78, 5) is 48.4. The van der Waals surface area contributed by atoms with Gasteiger partial charge in [-0.2, -0.15) is 0 Å². The molecule has 3 saturated heterocycles. The topological polar surface area (TPSA) is 223 Å². The summed E-state index contributed by atoms with van der Waals surface area (Å²) < 4.78 is 50.8. The summed E-state index contributed by atoms with van der Waals surface area (Å²) in [6.07, 6.45) is -4.15.